The molecule has 0 fully saturated rings. The number of hydrogen-bond donors (Lipinski definition) is 2. The van der Waals surface area contributed by atoms with Crippen molar-refractivity contribution in [2.45, 2.75) is 96.8 Å². The summed E-state index contributed by atoms with van der Waals surface area (Å²) in [6.45, 7) is 3.71. The van der Waals surface area contributed by atoms with Gasteiger partial charge >= 0.3 is 0 Å². The summed E-state index contributed by atoms with van der Waals surface area (Å²) in [5.74, 6) is 0.180. The summed E-state index contributed by atoms with van der Waals surface area (Å²) >= 11 is 0. The summed E-state index contributed by atoms with van der Waals surface area (Å²) in [4.78, 5) is 11.6. The molecule has 0 saturated carbocycles. The van der Waals surface area contributed by atoms with Gasteiger partial charge in [-0.3, -0.25) is 4.79 Å². The quantitative estimate of drug-likeness (QED) is 0.174. The van der Waals surface area contributed by atoms with E-state index in [4.69, 9.17) is 5.73 Å². The number of unbranched alkanes of at least 4 members (excludes halogenated alkanes) is 7. The molecule has 0 aliphatic rings. The van der Waals surface area contributed by atoms with E-state index in [0.717, 1.165) is 64.3 Å². The molecule has 0 aliphatic heterocycles. The molecule has 0 saturated heterocycles. The molecule has 1 amide bonds. The molecule has 0 atom stereocenters. The Hall–Kier alpha value is -1.61. The summed E-state index contributed by atoms with van der Waals surface area (Å²) in [5, 5.41) is 2.95. The van der Waals surface area contributed by atoms with Gasteiger partial charge < -0.3 is 11.1 Å². The minimum absolute atomic E-state index is 0.180. The molecule has 0 unspecified atom stereocenters. The number of carbonyl (C=O) groups is 1. The topological polar surface area (TPSA) is 55.1 Å². The predicted octanol–water partition coefficient (Wildman–Crippen LogP) is 6.77. The molecule has 3 heteroatoms. The SMILES string of the molecule is CCCCC/C=C\C/C=C\C/C=C\C/C=C\CCCCCC(=O)NCCCCN. The fourth-order valence-electron chi connectivity index (χ4n) is 2.87. The molecule has 3 N–H and O–H groups in total. The maximum Gasteiger partial charge on any atom is 0.219 e. The zero-order chi connectivity index (χ0) is 21.3. The second-order valence-corrected chi connectivity index (χ2v) is 7.53. The van der Waals surface area contributed by atoms with Gasteiger partial charge in [0.15, 0.2) is 0 Å². The van der Waals surface area contributed by atoms with Crippen LogP contribution in [0.15, 0.2) is 48.6 Å². The minimum Gasteiger partial charge on any atom is -0.356 e. The van der Waals surface area contributed by atoms with Crippen LogP contribution in [0.4, 0.5) is 0 Å². The Morgan fingerprint density at radius 2 is 1.24 bits per heavy atom. The Labute approximate surface area is 180 Å². The van der Waals surface area contributed by atoms with Crippen LogP contribution in [-0.2, 0) is 4.79 Å². The van der Waals surface area contributed by atoms with Crippen LogP contribution in [0.25, 0.3) is 0 Å². The van der Waals surface area contributed by atoms with Crippen molar-refractivity contribution in [2.24, 2.45) is 5.73 Å². The van der Waals surface area contributed by atoms with Crippen LogP contribution >= 0.6 is 0 Å². The van der Waals surface area contributed by atoms with Crippen molar-refractivity contribution >= 4 is 5.91 Å². The van der Waals surface area contributed by atoms with Gasteiger partial charge in [0.05, 0.1) is 0 Å². The second-order valence-electron chi connectivity index (χ2n) is 7.53. The highest BCUT2D eigenvalue weighted by Gasteiger charge is 1.99. The summed E-state index contributed by atoms with van der Waals surface area (Å²) in [5.41, 5.74) is 5.43. The van der Waals surface area contributed by atoms with E-state index in [9.17, 15) is 4.79 Å². The van der Waals surface area contributed by atoms with Crippen LogP contribution in [-0.4, -0.2) is 19.0 Å². The van der Waals surface area contributed by atoms with E-state index >= 15 is 0 Å². The lowest BCUT2D eigenvalue weighted by molar-refractivity contribution is -0.121. The van der Waals surface area contributed by atoms with Gasteiger partial charge in [-0.25, -0.2) is 0 Å². The molecule has 0 spiro atoms. The molecule has 0 aliphatic carbocycles. The van der Waals surface area contributed by atoms with Gasteiger partial charge in [0.2, 0.25) is 5.91 Å². The number of hydrogen-bond acceptors (Lipinski definition) is 2. The van der Waals surface area contributed by atoms with E-state index in [2.05, 4.69) is 60.8 Å². The minimum atomic E-state index is 0.180. The van der Waals surface area contributed by atoms with Gasteiger partial charge in [-0.1, -0.05) is 74.8 Å². The highest BCUT2D eigenvalue weighted by atomic mass is 16.1. The first-order chi connectivity index (χ1) is 14.3. The van der Waals surface area contributed by atoms with Gasteiger partial charge in [-0.2, -0.15) is 0 Å². The molecular formula is C26H46N2O. The fourth-order valence-corrected chi connectivity index (χ4v) is 2.87. The van der Waals surface area contributed by atoms with Gasteiger partial charge in [0.25, 0.3) is 0 Å². The number of carbonyl (C=O) groups excluding carboxylic acids is 1. The number of nitrogens with one attached hydrogen (secondary N) is 1. The summed E-state index contributed by atoms with van der Waals surface area (Å²) in [6.07, 6.45) is 33.3. The fraction of sp³-hybridized carbons (Fsp3) is 0.654. The van der Waals surface area contributed by atoms with Crippen molar-refractivity contribution < 1.29 is 4.79 Å². The van der Waals surface area contributed by atoms with Crippen LogP contribution in [0.3, 0.4) is 0 Å². The number of rotatable bonds is 20. The van der Waals surface area contributed by atoms with Crippen molar-refractivity contribution in [3.8, 4) is 0 Å². The Kier molecular flexibility index (Phi) is 23.1. The van der Waals surface area contributed by atoms with Crippen LogP contribution in [0.2, 0.25) is 0 Å². The predicted molar refractivity (Wildman–Crippen MR) is 129 cm³/mol. The van der Waals surface area contributed by atoms with E-state index < -0.39 is 0 Å². The van der Waals surface area contributed by atoms with E-state index in [1.165, 1.54) is 25.7 Å². The molecular weight excluding hydrogens is 356 g/mol. The third-order valence-electron chi connectivity index (χ3n) is 4.69. The molecule has 0 heterocycles. The summed E-state index contributed by atoms with van der Waals surface area (Å²) < 4.78 is 0. The summed E-state index contributed by atoms with van der Waals surface area (Å²) in [7, 11) is 0. The molecule has 0 aromatic rings. The van der Waals surface area contributed by atoms with Gasteiger partial charge in [-0.15, -0.1) is 0 Å². The molecule has 0 rings (SSSR count). The lowest BCUT2D eigenvalue weighted by Crippen LogP contribution is -2.24. The van der Waals surface area contributed by atoms with E-state index in [1.807, 2.05) is 0 Å². The maximum absolute atomic E-state index is 11.6. The van der Waals surface area contributed by atoms with Crippen LogP contribution in [0, 0.1) is 0 Å². The zero-order valence-corrected chi connectivity index (χ0v) is 18.9. The first kappa shape index (κ1) is 27.4. The largest absolute Gasteiger partial charge is 0.356 e. The van der Waals surface area contributed by atoms with Crippen LogP contribution in [0.5, 0.6) is 0 Å². The lowest BCUT2D eigenvalue weighted by Gasteiger charge is -2.04. The Balaban J connectivity index is 3.40. The molecule has 166 valence electrons. The highest BCUT2D eigenvalue weighted by molar-refractivity contribution is 5.75. The third kappa shape index (κ3) is 24.4. The Morgan fingerprint density at radius 3 is 1.79 bits per heavy atom. The Bertz CT molecular complexity index is 463. The van der Waals surface area contributed by atoms with Crippen LogP contribution in [0.1, 0.15) is 96.8 Å². The molecule has 0 aromatic heterocycles. The maximum atomic E-state index is 11.6. The zero-order valence-electron chi connectivity index (χ0n) is 18.9. The van der Waals surface area contributed by atoms with Crippen molar-refractivity contribution in [1.82, 2.24) is 5.32 Å². The van der Waals surface area contributed by atoms with E-state index in [1.54, 1.807) is 0 Å². The van der Waals surface area contributed by atoms with Crippen molar-refractivity contribution in [3.63, 3.8) is 0 Å². The number of nitrogens with two attached hydrogens (primary N) is 1. The van der Waals surface area contributed by atoms with Gasteiger partial charge in [0.1, 0.15) is 0 Å². The van der Waals surface area contributed by atoms with Crippen molar-refractivity contribution in [3.05, 3.63) is 48.6 Å². The smallest absolute Gasteiger partial charge is 0.219 e. The summed E-state index contributed by atoms with van der Waals surface area (Å²) in [6, 6.07) is 0. The molecule has 0 bridgehead atoms. The van der Waals surface area contributed by atoms with E-state index in [0.29, 0.717) is 13.0 Å². The van der Waals surface area contributed by atoms with E-state index in [-0.39, 0.29) is 5.91 Å². The normalized spacial score (nSPS) is 12.2. The number of amides is 1. The lowest BCUT2D eigenvalue weighted by atomic mass is 10.1. The van der Waals surface area contributed by atoms with Crippen LogP contribution < -0.4 is 11.1 Å². The average molecular weight is 403 g/mol. The highest BCUT2D eigenvalue weighted by Crippen LogP contribution is 2.05. The first-order valence-electron chi connectivity index (χ1n) is 11.9. The second kappa shape index (κ2) is 24.4. The Morgan fingerprint density at radius 1 is 0.690 bits per heavy atom. The van der Waals surface area contributed by atoms with Gasteiger partial charge in [0, 0.05) is 13.0 Å². The molecule has 3 nitrogen and oxygen atoms in total. The molecule has 0 radical (unpaired) electrons. The molecule has 29 heavy (non-hydrogen) atoms. The third-order valence-corrected chi connectivity index (χ3v) is 4.69. The first-order valence-corrected chi connectivity index (χ1v) is 11.9. The van der Waals surface area contributed by atoms with Crippen molar-refractivity contribution in [1.29, 1.82) is 0 Å². The monoisotopic (exact) mass is 402 g/mol. The standard InChI is InChI=1S/C26H46N2O/c1-2-3-4-5-6-7-8-9-10-11-12-13-14-15-16-17-18-19-20-23-26(29)28-25-22-21-24-27/h6-7,9-10,12-13,15-16H,2-5,8,11,14,17-25,27H2,1H3,(H,28,29)/b7-6-,10-9-,13-12-,16-15-. The average Bonchev–Trinajstić information content (AvgIpc) is 2.73. The van der Waals surface area contributed by atoms with Crippen molar-refractivity contribution in [2.75, 3.05) is 13.1 Å². The molecule has 0 aromatic carbocycles. The van der Waals surface area contributed by atoms with Gasteiger partial charge in [-0.05, 0) is 70.8 Å². The number of allylic oxidation sites excluding steroid dienone is 8.